The van der Waals surface area contributed by atoms with Crippen molar-refractivity contribution in [2.45, 2.75) is 13.5 Å². The Labute approximate surface area is 179 Å². The highest BCUT2D eigenvalue weighted by molar-refractivity contribution is 6.37. The molecule has 0 aliphatic rings. The summed E-state index contributed by atoms with van der Waals surface area (Å²) in [4.78, 5) is 4.44. The molecule has 0 saturated heterocycles. The lowest BCUT2D eigenvalue weighted by Gasteiger charge is -2.11. The van der Waals surface area contributed by atoms with Crippen molar-refractivity contribution in [3.05, 3.63) is 86.9 Å². The lowest BCUT2D eigenvalue weighted by Crippen LogP contribution is -1.97. The molecule has 0 radical (unpaired) electrons. The van der Waals surface area contributed by atoms with Crippen molar-refractivity contribution in [3.63, 3.8) is 0 Å². The van der Waals surface area contributed by atoms with Crippen LogP contribution in [0.25, 0.3) is 0 Å². The van der Waals surface area contributed by atoms with Crippen LogP contribution in [0.15, 0.2) is 65.7 Å². The van der Waals surface area contributed by atoms with Gasteiger partial charge in [0.15, 0.2) is 5.75 Å². The second-order valence-electron chi connectivity index (χ2n) is 5.91. The van der Waals surface area contributed by atoms with Gasteiger partial charge in [-0.25, -0.2) is 0 Å². The van der Waals surface area contributed by atoms with E-state index in [4.69, 9.17) is 44.3 Å². The maximum absolute atomic E-state index is 6.35. The van der Waals surface area contributed by atoms with Crippen molar-refractivity contribution in [2.75, 3.05) is 6.61 Å². The summed E-state index contributed by atoms with van der Waals surface area (Å²) in [7, 11) is 0. The minimum absolute atomic E-state index is 0.343. The Morgan fingerprint density at radius 2 is 1.50 bits per heavy atom. The summed E-state index contributed by atoms with van der Waals surface area (Å²) in [6.07, 6.45) is 1.70. The number of benzene rings is 3. The van der Waals surface area contributed by atoms with Gasteiger partial charge >= 0.3 is 0 Å². The number of rotatable bonds is 7. The quantitative estimate of drug-likeness (QED) is 0.363. The Morgan fingerprint density at radius 3 is 2.11 bits per heavy atom. The Morgan fingerprint density at radius 1 is 0.857 bits per heavy atom. The molecule has 0 saturated carbocycles. The topological polar surface area (TPSA) is 30.8 Å². The minimum Gasteiger partial charge on any atom is -0.494 e. The van der Waals surface area contributed by atoms with E-state index in [0.717, 1.165) is 22.6 Å². The van der Waals surface area contributed by atoms with Crippen LogP contribution in [-0.4, -0.2) is 12.8 Å². The second kappa shape index (κ2) is 9.83. The predicted molar refractivity (Wildman–Crippen MR) is 117 cm³/mol. The summed E-state index contributed by atoms with van der Waals surface area (Å²) in [6, 6.07) is 18.5. The van der Waals surface area contributed by atoms with E-state index in [1.807, 2.05) is 55.5 Å². The highest BCUT2D eigenvalue weighted by atomic mass is 35.5. The van der Waals surface area contributed by atoms with Gasteiger partial charge in [-0.15, -0.1) is 0 Å². The smallest absolute Gasteiger partial charge is 0.157 e. The van der Waals surface area contributed by atoms with Crippen LogP contribution in [0.1, 0.15) is 18.1 Å². The van der Waals surface area contributed by atoms with Crippen LogP contribution in [0.2, 0.25) is 15.1 Å². The number of ether oxygens (including phenoxy) is 2. The van der Waals surface area contributed by atoms with Crippen LogP contribution >= 0.6 is 34.8 Å². The van der Waals surface area contributed by atoms with Gasteiger partial charge in [0.1, 0.15) is 12.4 Å². The average Bonchev–Trinajstić information content (AvgIpc) is 2.68. The number of aliphatic imine (C=N–C) groups is 1. The summed E-state index contributed by atoms with van der Waals surface area (Å²) < 4.78 is 11.2. The molecule has 3 aromatic rings. The molecule has 6 heteroatoms. The molecule has 0 aromatic heterocycles. The van der Waals surface area contributed by atoms with Gasteiger partial charge in [-0.2, -0.15) is 0 Å². The van der Waals surface area contributed by atoms with Gasteiger partial charge < -0.3 is 9.47 Å². The molecule has 0 unspecified atom stereocenters. The molecule has 144 valence electrons. The van der Waals surface area contributed by atoms with Gasteiger partial charge in [0.2, 0.25) is 0 Å². The van der Waals surface area contributed by atoms with Crippen molar-refractivity contribution in [3.8, 4) is 11.5 Å². The van der Waals surface area contributed by atoms with E-state index in [1.165, 1.54) is 0 Å². The molecule has 28 heavy (non-hydrogen) atoms. The van der Waals surface area contributed by atoms with E-state index in [0.29, 0.717) is 34.0 Å². The molecule has 0 fully saturated rings. The zero-order chi connectivity index (χ0) is 19.9. The van der Waals surface area contributed by atoms with Crippen molar-refractivity contribution in [1.82, 2.24) is 0 Å². The molecule has 0 aliphatic carbocycles. The minimum atomic E-state index is 0.343. The summed E-state index contributed by atoms with van der Waals surface area (Å²) >= 11 is 18.6. The van der Waals surface area contributed by atoms with Crippen molar-refractivity contribution in [1.29, 1.82) is 0 Å². The van der Waals surface area contributed by atoms with E-state index in [9.17, 15) is 0 Å². The van der Waals surface area contributed by atoms with E-state index in [2.05, 4.69) is 4.99 Å². The molecule has 3 rings (SSSR count). The Balaban J connectivity index is 1.69. The van der Waals surface area contributed by atoms with Crippen LogP contribution in [0, 0.1) is 0 Å². The van der Waals surface area contributed by atoms with Crippen molar-refractivity contribution >= 4 is 46.7 Å². The van der Waals surface area contributed by atoms with Crippen LogP contribution in [-0.2, 0) is 6.61 Å². The summed E-state index contributed by atoms with van der Waals surface area (Å²) in [6.45, 7) is 2.92. The van der Waals surface area contributed by atoms with E-state index in [-0.39, 0.29) is 0 Å². The first-order chi connectivity index (χ1) is 13.5. The SMILES string of the molecule is CCOc1ccc(N=Cc2cc(Cl)c(OCc3ccc(Cl)cc3)c(Cl)c2)cc1. The van der Waals surface area contributed by atoms with Gasteiger partial charge in [-0.05, 0) is 66.6 Å². The number of hydrogen-bond acceptors (Lipinski definition) is 3. The molecule has 3 nitrogen and oxygen atoms in total. The lowest BCUT2D eigenvalue weighted by atomic mass is 10.2. The summed E-state index contributed by atoms with van der Waals surface area (Å²) in [5, 5.41) is 1.53. The third kappa shape index (κ3) is 5.65. The molecule has 0 bridgehead atoms. The van der Waals surface area contributed by atoms with Crippen LogP contribution < -0.4 is 9.47 Å². The van der Waals surface area contributed by atoms with Gasteiger partial charge in [-0.1, -0.05) is 46.9 Å². The molecular weight excluding hydrogens is 417 g/mol. The standard InChI is InChI=1S/C22H18Cl3NO2/c1-2-27-19-9-7-18(8-10-19)26-13-16-11-20(24)22(21(25)12-16)28-14-15-3-5-17(23)6-4-15/h3-13H,2,14H2,1H3. The lowest BCUT2D eigenvalue weighted by molar-refractivity contribution is 0.306. The molecular formula is C22H18Cl3NO2. The Hall–Kier alpha value is -2.20. The van der Waals surface area contributed by atoms with Crippen LogP contribution in [0.5, 0.6) is 11.5 Å². The molecule has 0 N–H and O–H groups in total. The first-order valence-electron chi connectivity index (χ1n) is 8.68. The number of nitrogens with zero attached hydrogens (tertiary/aromatic N) is 1. The van der Waals surface area contributed by atoms with Gasteiger partial charge in [0.25, 0.3) is 0 Å². The van der Waals surface area contributed by atoms with Gasteiger partial charge in [-0.3, -0.25) is 4.99 Å². The highest BCUT2D eigenvalue weighted by Crippen LogP contribution is 2.34. The zero-order valence-electron chi connectivity index (χ0n) is 15.2. The molecule has 0 aliphatic heterocycles. The molecule has 0 heterocycles. The summed E-state index contributed by atoms with van der Waals surface area (Å²) in [5.41, 5.74) is 2.55. The molecule has 0 atom stereocenters. The van der Waals surface area contributed by atoms with Crippen LogP contribution in [0.4, 0.5) is 5.69 Å². The fourth-order valence-electron chi connectivity index (χ4n) is 2.47. The van der Waals surface area contributed by atoms with Crippen molar-refractivity contribution < 1.29 is 9.47 Å². The molecule has 3 aromatic carbocycles. The van der Waals surface area contributed by atoms with Gasteiger partial charge in [0, 0.05) is 11.2 Å². The highest BCUT2D eigenvalue weighted by Gasteiger charge is 2.10. The first-order valence-corrected chi connectivity index (χ1v) is 9.82. The van der Waals surface area contributed by atoms with E-state index in [1.54, 1.807) is 18.3 Å². The van der Waals surface area contributed by atoms with Gasteiger partial charge in [0.05, 0.1) is 22.3 Å². The molecule has 0 spiro atoms. The Kier molecular flexibility index (Phi) is 7.21. The second-order valence-corrected chi connectivity index (χ2v) is 7.16. The van der Waals surface area contributed by atoms with Crippen LogP contribution in [0.3, 0.4) is 0 Å². The summed E-state index contributed by atoms with van der Waals surface area (Å²) in [5.74, 6) is 1.26. The maximum Gasteiger partial charge on any atom is 0.157 e. The third-order valence-electron chi connectivity index (χ3n) is 3.83. The zero-order valence-corrected chi connectivity index (χ0v) is 17.4. The van der Waals surface area contributed by atoms with E-state index >= 15 is 0 Å². The van der Waals surface area contributed by atoms with Crippen molar-refractivity contribution in [2.24, 2.45) is 4.99 Å². The fraction of sp³-hybridized carbons (Fsp3) is 0.136. The number of hydrogen-bond donors (Lipinski definition) is 0. The van der Waals surface area contributed by atoms with E-state index < -0.39 is 0 Å². The largest absolute Gasteiger partial charge is 0.494 e. The third-order valence-corrected chi connectivity index (χ3v) is 4.64. The fourth-order valence-corrected chi connectivity index (χ4v) is 3.21. The molecule has 0 amide bonds. The Bertz CT molecular complexity index is 932. The first kappa shape index (κ1) is 20.5. The number of halogens is 3. The monoisotopic (exact) mass is 433 g/mol. The average molecular weight is 435 g/mol. The predicted octanol–water partition coefficient (Wildman–Crippen LogP) is 7.38. The maximum atomic E-state index is 6.35. The normalized spacial score (nSPS) is 11.0.